The molecule has 0 aliphatic rings. The van der Waals surface area contributed by atoms with E-state index in [4.69, 9.17) is 4.74 Å². The zero-order valence-corrected chi connectivity index (χ0v) is 15.6. The minimum Gasteiger partial charge on any atom is -0.507 e. The summed E-state index contributed by atoms with van der Waals surface area (Å²) in [6.45, 7) is 5.37. The molecule has 2 aromatic rings. The van der Waals surface area contributed by atoms with E-state index in [1.54, 1.807) is 12.1 Å². The van der Waals surface area contributed by atoms with Crippen LogP contribution in [0.2, 0.25) is 0 Å². The number of phenolic OH excluding ortho intramolecular Hbond substituents is 1. The van der Waals surface area contributed by atoms with E-state index in [-0.39, 0.29) is 5.75 Å². The molecule has 0 aliphatic carbocycles. The number of hydrogen-bond acceptors (Lipinski definition) is 6. The standard InChI is InChI=1S/C20H29N3O3/c1-3-5-6-15(4-2)11-26-12-17(24)9-16-7-8-18(19(25)10-16)20-22-13-21-14-23-20/h7-8,10,13-15,17,24-25H,3-6,9,11-12H2,1-2H3. The monoisotopic (exact) mass is 359 g/mol. The lowest BCUT2D eigenvalue weighted by molar-refractivity contribution is 0.0192. The van der Waals surface area contributed by atoms with Gasteiger partial charge in [0.1, 0.15) is 18.4 Å². The van der Waals surface area contributed by atoms with Crippen molar-refractivity contribution in [3.05, 3.63) is 36.4 Å². The van der Waals surface area contributed by atoms with E-state index < -0.39 is 6.10 Å². The molecular weight excluding hydrogens is 330 g/mol. The molecule has 0 saturated heterocycles. The number of rotatable bonds is 11. The lowest BCUT2D eigenvalue weighted by atomic mass is 10.0. The van der Waals surface area contributed by atoms with Crippen molar-refractivity contribution < 1.29 is 14.9 Å². The molecule has 0 amide bonds. The van der Waals surface area contributed by atoms with Gasteiger partial charge in [-0.15, -0.1) is 0 Å². The van der Waals surface area contributed by atoms with Gasteiger partial charge in [0.2, 0.25) is 0 Å². The molecule has 1 heterocycles. The Morgan fingerprint density at radius 1 is 1.12 bits per heavy atom. The topological polar surface area (TPSA) is 88.4 Å². The first-order chi connectivity index (χ1) is 12.6. The Balaban J connectivity index is 1.83. The third kappa shape index (κ3) is 6.35. The van der Waals surface area contributed by atoms with E-state index in [0.29, 0.717) is 36.9 Å². The van der Waals surface area contributed by atoms with Crippen LogP contribution in [0, 0.1) is 5.92 Å². The van der Waals surface area contributed by atoms with Crippen LogP contribution in [0.5, 0.6) is 5.75 Å². The number of hydrogen-bond donors (Lipinski definition) is 2. The van der Waals surface area contributed by atoms with Crippen LogP contribution in [0.15, 0.2) is 30.9 Å². The quantitative estimate of drug-likeness (QED) is 0.639. The zero-order valence-electron chi connectivity index (χ0n) is 15.6. The number of aromatic nitrogens is 3. The number of aliphatic hydroxyl groups is 1. The minimum absolute atomic E-state index is 0.0902. The Morgan fingerprint density at radius 2 is 1.88 bits per heavy atom. The van der Waals surface area contributed by atoms with Gasteiger partial charge >= 0.3 is 0 Å². The number of nitrogens with zero attached hydrogens (tertiary/aromatic N) is 3. The van der Waals surface area contributed by atoms with Gasteiger partial charge in [0.05, 0.1) is 18.3 Å². The number of aromatic hydroxyl groups is 1. The van der Waals surface area contributed by atoms with E-state index in [2.05, 4.69) is 28.8 Å². The van der Waals surface area contributed by atoms with Crippen LogP contribution in [-0.4, -0.2) is 44.5 Å². The van der Waals surface area contributed by atoms with E-state index in [0.717, 1.165) is 12.0 Å². The first-order valence-electron chi connectivity index (χ1n) is 9.34. The number of aliphatic hydroxyl groups excluding tert-OH is 1. The summed E-state index contributed by atoms with van der Waals surface area (Å²) in [4.78, 5) is 11.8. The van der Waals surface area contributed by atoms with Gasteiger partial charge in [-0.25, -0.2) is 15.0 Å². The second-order valence-corrected chi connectivity index (χ2v) is 6.63. The fourth-order valence-corrected chi connectivity index (χ4v) is 2.87. The third-order valence-corrected chi connectivity index (χ3v) is 4.47. The highest BCUT2D eigenvalue weighted by atomic mass is 16.5. The van der Waals surface area contributed by atoms with Crippen LogP contribution in [0.1, 0.15) is 45.1 Å². The Kier molecular flexibility index (Phi) is 8.44. The first-order valence-corrected chi connectivity index (χ1v) is 9.34. The second kappa shape index (κ2) is 10.8. The van der Waals surface area contributed by atoms with Crippen molar-refractivity contribution in [2.45, 2.75) is 52.1 Å². The predicted octanol–water partition coefficient (Wildman–Crippen LogP) is 3.38. The largest absolute Gasteiger partial charge is 0.507 e. The van der Waals surface area contributed by atoms with E-state index in [9.17, 15) is 10.2 Å². The molecule has 0 spiro atoms. The van der Waals surface area contributed by atoms with Gasteiger partial charge in [-0.3, -0.25) is 0 Å². The Morgan fingerprint density at radius 3 is 2.54 bits per heavy atom. The molecule has 2 N–H and O–H groups in total. The number of benzene rings is 1. The summed E-state index contributed by atoms with van der Waals surface area (Å²) in [6, 6.07) is 5.25. The fourth-order valence-electron chi connectivity index (χ4n) is 2.87. The van der Waals surface area contributed by atoms with Gasteiger partial charge in [-0.1, -0.05) is 39.2 Å². The van der Waals surface area contributed by atoms with Crippen molar-refractivity contribution in [3.63, 3.8) is 0 Å². The highest BCUT2D eigenvalue weighted by Gasteiger charge is 2.12. The van der Waals surface area contributed by atoms with Gasteiger partial charge < -0.3 is 14.9 Å². The maximum atomic E-state index is 10.2. The van der Waals surface area contributed by atoms with Crippen LogP contribution in [0.25, 0.3) is 11.4 Å². The average molecular weight is 359 g/mol. The first kappa shape index (κ1) is 20.3. The van der Waals surface area contributed by atoms with Gasteiger partial charge in [0.15, 0.2) is 5.82 Å². The molecule has 2 atom stereocenters. The summed E-state index contributed by atoms with van der Waals surface area (Å²) in [6.07, 6.45) is 7.30. The van der Waals surface area contributed by atoms with Crippen molar-refractivity contribution >= 4 is 0 Å². The maximum absolute atomic E-state index is 10.2. The predicted molar refractivity (Wildman–Crippen MR) is 101 cm³/mol. The van der Waals surface area contributed by atoms with Gasteiger partial charge in [0, 0.05) is 13.0 Å². The van der Waals surface area contributed by atoms with Crippen molar-refractivity contribution in [3.8, 4) is 17.1 Å². The summed E-state index contributed by atoms with van der Waals surface area (Å²) in [5, 5.41) is 20.4. The Bertz CT molecular complexity index is 652. The normalized spacial score (nSPS) is 13.5. The number of unbranched alkanes of at least 4 members (excludes halogenated alkanes) is 1. The zero-order chi connectivity index (χ0) is 18.8. The molecule has 2 unspecified atom stereocenters. The fraction of sp³-hybridized carbons (Fsp3) is 0.550. The molecule has 1 aromatic heterocycles. The van der Waals surface area contributed by atoms with Crippen LogP contribution < -0.4 is 0 Å². The molecule has 0 bridgehead atoms. The second-order valence-electron chi connectivity index (χ2n) is 6.63. The van der Waals surface area contributed by atoms with Gasteiger partial charge in [0.25, 0.3) is 0 Å². The summed E-state index contributed by atoms with van der Waals surface area (Å²) >= 11 is 0. The van der Waals surface area contributed by atoms with Crippen LogP contribution >= 0.6 is 0 Å². The van der Waals surface area contributed by atoms with Crippen molar-refractivity contribution in [2.75, 3.05) is 13.2 Å². The minimum atomic E-state index is -0.596. The van der Waals surface area contributed by atoms with Crippen molar-refractivity contribution in [1.82, 2.24) is 15.0 Å². The lowest BCUT2D eigenvalue weighted by Crippen LogP contribution is -2.20. The van der Waals surface area contributed by atoms with Crippen molar-refractivity contribution in [1.29, 1.82) is 0 Å². The van der Waals surface area contributed by atoms with E-state index >= 15 is 0 Å². The van der Waals surface area contributed by atoms with Crippen LogP contribution in [0.3, 0.4) is 0 Å². The highest BCUT2D eigenvalue weighted by molar-refractivity contribution is 5.63. The van der Waals surface area contributed by atoms with Crippen LogP contribution in [0.4, 0.5) is 0 Å². The molecule has 26 heavy (non-hydrogen) atoms. The third-order valence-electron chi connectivity index (χ3n) is 4.47. The molecule has 0 aliphatic heterocycles. The molecule has 0 radical (unpaired) electrons. The van der Waals surface area contributed by atoms with Gasteiger partial charge in [-0.05, 0) is 30.0 Å². The molecule has 6 heteroatoms. The molecule has 142 valence electrons. The average Bonchev–Trinajstić information content (AvgIpc) is 2.65. The van der Waals surface area contributed by atoms with Crippen molar-refractivity contribution in [2.24, 2.45) is 5.92 Å². The number of ether oxygens (including phenoxy) is 1. The highest BCUT2D eigenvalue weighted by Crippen LogP contribution is 2.27. The molecule has 0 saturated carbocycles. The molecule has 0 fully saturated rings. The summed E-state index contributed by atoms with van der Waals surface area (Å²) in [5.74, 6) is 1.07. The smallest absolute Gasteiger partial charge is 0.166 e. The number of phenols is 1. The summed E-state index contributed by atoms with van der Waals surface area (Å²) in [5.41, 5.74) is 1.39. The van der Waals surface area contributed by atoms with Gasteiger partial charge in [-0.2, -0.15) is 0 Å². The molecule has 1 aromatic carbocycles. The summed E-state index contributed by atoms with van der Waals surface area (Å²) in [7, 11) is 0. The molecule has 6 nitrogen and oxygen atoms in total. The Labute approximate surface area is 155 Å². The maximum Gasteiger partial charge on any atom is 0.166 e. The Hall–Kier alpha value is -2.05. The molecule has 2 rings (SSSR count). The SMILES string of the molecule is CCCCC(CC)COCC(O)Cc1ccc(-c2ncncn2)c(O)c1. The van der Waals surface area contributed by atoms with Crippen LogP contribution in [-0.2, 0) is 11.2 Å². The molecular formula is C20H29N3O3. The van der Waals surface area contributed by atoms with E-state index in [1.165, 1.54) is 31.9 Å². The lowest BCUT2D eigenvalue weighted by Gasteiger charge is -2.17. The van der Waals surface area contributed by atoms with E-state index in [1.807, 2.05) is 6.07 Å². The summed E-state index contributed by atoms with van der Waals surface area (Å²) < 4.78 is 5.70.